The van der Waals surface area contributed by atoms with Crippen LogP contribution in [0, 0.1) is 5.41 Å². The Morgan fingerprint density at radius 3 is 2.75 bits per heavy atom. The third kappa shape index (κ3) is 2.07. The first-order valence-corrected chi connectivity index (χ1v) is 7.09. The minimum Gasteiger partial charge on any atom is -0.369 e. The maximum absolute atomic E-state index is 12.3. The third-order valence-corrected chi connectivity index (χ3v) is 4.87. The molecule has 0 saturated heterocycles. The Kier molecular flexibility index (Phi) is 3.00. The molecule has 2 fully saturated rings. The number of hydrogen-bond acceptors (Lipinski definition) is 3. The molecule has 2 atom stereocenters. The molecule has 0 aliphatic heterocycles. The number of nitrogens with one attached hydrogen (secondary N) is 1. The van der Waals surface area contributed by atoms with Crippen molar-refractivity contribution < 1.29 is 9.59 Å². The van der Waals surface area contributed by atoms with Gasteiger partial charge in [-0.2, -0.15) is 0 Å². The molecule has 5 nitrogen and oxygen atoms in total. The number of amides is 2. The second-order valence-corrected chi connectivity index (χ2v) is 6.12. The van der Waals surface area contributed by atoms with Gasteiger partial charge in [0.15, 0.2) is 0 Å². The lowest BCUT2D eigenvalue weighted by Gasteiger charge is -2.38. The molecule has 2 bridgehead atoms. The zero-order valence-electron chi connectivity index (χ0n) is 11.4. The number of rotatable bonds is 3. The molecule has 20 heavy (non-hydrogen) atoms. The van der Waals surface area contributed by atoms with Gasteiger partial charge in [-0.25, -0.2) is 0 Å². The smallest absolute Gasteiger partial charge is 0.270 e. The van der Waals surface area contributed by atoms with Crippen LogP contribution in [0.15, 0.2) is 24.4 Å². The summed E-state index contributed by atoms with van der Waals surface area (Å²) in [6, 6.07) is 5.28. The van der Waals surface area contributed by atoms with Crippen LogP contribution in [-0.2, 0) is 4.79 Å². The van der Waals surface area contributed by atoms with Gasteiger partial charge in [-0.3, -0.25) is 14.6 Å². The zero-order valence-corrected chi connectivity index (χ0v) is 11.4. The van der Waals surface area contributed by atoms with Gasteiger partial charge in [0.25, 0.3) is 5.91 Å². The van der Waals surface area contributed by atoms with E-state index in [1.54, 1.807) is 24.4 Å². The van der Waals surface area contributed by atoms with Crippen molar-refractivity contribution in [3.63, 3.8) is 0 Å². The second kappa shape index (κ2) is 4.58. The van der Waals surface area contributed by atoms with Crippen molar-refractivity contribution >= 4 is 11.8 Å². The lowest BCUT2D eigenvalue weighted by Crippen LogP contribution is -2.51. The first kappa shape index (κ1) is 13.1. The van der Waals surface area contributed by atoms with Gasteiger partial charge in [0.05, 0.1) is 5.41 Å². The van der Waals surface area contributed by atoms with Gasteiger partial charge in [-0.1, -0.05) is 12.5 Å². The van der Waals surface area contributed by atoms with E-state index in [1.165, 1.54) is 0 Å². The van der Waals surface area contributed by atoms with E-state index in [-0.39, 0.29) is 17.4 Å². The number of pyridine rings is 1. The summed E-state index contributed by atoms with van der Waals surface area (Å²) in [5.74, 6) is -0.376. The first-order valence-electron chi connectivity index (χ1n) is 7.09. The molecule has 2 aliphatic rings. The molecule has 2 unspecified atom stereocenters. The van der Waals surface area contributed by atoms with Gasteiger partial charge < -0.3 is 11.1 Å². The van der Waals surface area contributed by atoms with E-state index in [1.807, 2.05) is 0 Å². The van der Waals surface area contributed by atoms with Crippen LogP contribution in [0.3, 0.4) is 0 Å². The summed E-state index contributed by atoms with van der Waals surface area (Å²) in [4.78, 5) is 28.1. The molecule has 0 aromatic carbocycles. The Bertz CT molecular complexity index is 545. The summed E-state index contributed by atoms with van der Waals surface area (Å²) in [6.07, 6.45) is 6.60. The SMILES string of the molecule is NC(=O)C12CCCC(NC(=O)c3ccccn3)(CC1)C2. The largest absolute Gasteiger partial charge is 0.369 e. The monoisotopic (exact) mass is 273 g/mol. The van der Waals surface area contributed by atoms with Crippen LogP contribution in [0.1, 0.15) is 49.0 Å². The van der Waals surface area contributed by atoms with Crippen LogP contribution in [0.2, 0.25) is 0 Å². The maximum atomic E-state index is 12.3. The van der Waals surface area contributed by atoms with Crippen molar-refractivity contribution in [1.29, 1.82) is 0 Å². The fourth-order valence-corrected chi connectivity index (χ4v) is 3.80. The van der Waals surface area contributed by atoms with E-state index in [4.69, 9.17) is 5.73 Å². The molecule has 2 saturated carbocycles. The number of aromatic nitrogens is 1. The summed E-state index contributed by atoms with van der Waals surface area (Å²) in [5, 5.41) is 3.11. The molecule has 1 aromatic rings. The van der Waals surface area contributed by atoms with Crippen LogP contribution >= 0.6 is 0 Å². The van der Waals surface area contributed by atoms with Crippen LogP contribution in [0.5, 0.6) is 0 Å². The Morgan fingerprint density at radius 2 is 2.05 bits per heavy atom. The highest BCUT2D eigenvalue weighted by molar-refractivity contribution is 5.93. The fourth-order valence-electron chi connectivity index (χ4n) is 3.80. The number of nitrogens with two attached hydrogens (primary N) is 1. The van der Waals surface area contributed by atoms with Crippen molar-refractivity contribution in [2.24, 2.45) is 11.1 Å². The van der Waals surface area contributed by atoms with E-state index >= 15 is 0 Å². The van der Waals surface area contributed by atoms with E-state index < -0.39 is 5.41 Å². The van der Waals surface area contributed by atoms with Crippen LogP contribution in [0.25, 0.3) is 0 Å². The molecule has 0 spiro atoms. The Balaban J connectivity index is 1.78. The topological polar surface area (TPSA) is 85.1 Å². The van der Waals surface area contributed by atoms with E-state index in [0.717, 1.165) is 32.1 Å². The van der Waals surface area contributed by atoms with Gasteiger partial charge in [0, 0.05) is 11.7 Å². The highest BCUT2D eigenvalue weighted by Crippen LogP contribution is 2.53. The van der Waals surface area contributed by atoms with E-state index in [9.17, 15) is 9.59 Å². The average molecular weight is 273 g/mol. The molecule has 1 aromatic heterocycles. The predicted molar refractivity (Wildman–Crippen MR) is 73.8 cm³/mol. The quantitative estimate of drug-likeness (QED) is 0.872. The molecule has 1 heterocycles. The summed E-state index contributed by atoms with van der Waals surface area (Å²) in [7, 11) is 0. The van der Waals surface area contributed by atoms with Gasteiger partial charge in [0.2, 0.25) is 5.91 Å². The Morgan fingerprint density at radius 1 is 1.20 bits per heavy atom. The molecule has 106 valence electrons. The zero-order chi connectivity index (χ0) is 14.2. The number of nitrogens with zero attached hydrogens (tertiary/aromatic N) is 1. The standard InChI is InChI=1S/C15H19N3O2/c16-13(20)14-5-3-6-15(10-14,8-7-14)18-12(19)11-4-1-2-9-17-11/h1-2,4,9H,3,5-8,10H2,(H2,16,20)(H,18,19). The first-order chi connectivity index (χ1) is 9.55. The van der Waals surface area contributed by atoms with Gasteiger partial charge in [-0.15, -0.1) is 0 Å². The van der Waals surface area contributed by atoms with Gasteiger partial charge in [-0.05, 0) is 44.2 Å². The van der Waals surface area contributed by atoms with Crippen molar-refractivity contribution in [3.05, 3.63) is 30.1 Å². The Hall–Kier alpha value is -1.91. The van der Waals surface area contributed by atoms with Crippen molar-refractivity contribution in [2.75, 3.05) is 0 Å². The second-order valence-electron chi connectivity index (χ2n) is 6.12. The highest BCUT2D eigenvalue weighted by atomic mass is 16.2. The molecule has 3 N–H and O–H groups in total. The minimum atomic E-state index is -0.407. The normalized spacial score (nSPS) is 31.8. The molecule has 2 aliphatic carbocycles. The Labute approximate surface area is 118 Å². The van der Waals surface area contributed by atoms with Gasteiger partial charge in [0.1, 0.15) is 5.69 Å². The van der Waals surface area contributed by atoms with Crippen LogP contribution in [-0.4, -0.2) is 22.3 Å². The summed E-state index contributed by atoms with van der Waals surface area (Å²) in [6.45, 7) is 0. The molecule has 0 radical (unpaired) electrons. The van der Waals surface area contributed by atoms with Crippen molar-refractivity contribution in [3.8, 4) is 0 Å². The number of carbonyl (C=O) groups is 2. The maximum Gasteiger partial charge on any atom is 0.270 e. The predicted octanol–water partition coefficient (Wildman–Crippen LogP) is 1.39. The lowest BCUT2D eigenvalue weighted by molar-refractivity contribution is -0.128. The summed E-state index contributed by atoms with van der Waals surface area (Å²) >= 11 is 0. The lowest BCUT2D eigenvalue weighted by atomic mass is 9.72. The van der Waals surface area contributed by atoms with Gasteiger partial charge >= 0.3 is 0 Å². The van der Waals surface area contributed by atoms with Crippen LogP contribution < -0.4 is 11.1 Å². The van der Waals surface area contributed by atoms with Crippen LogP contribution in [0.4, 0.5) is 0 Å². The number of carbonyl (C=O) groups excluding carboxylic acids is 2. The molecular weight excluding hydrogens is 254 g/mol. The highest BCUT2D eigenvalue weighted by Gasteiger charge is 2.54. The molecule has 2 amide bonds. The number of primary amides is 1. The summed E-state index contributed by atoms with van der Waals surface area (Å²) < 4.78 is 0. The third-order valence-electron chi connectivity index (χ3n) is 4.87. The van der Waals surface area contributed by atoms with E-state index in [0.29, 0.717) is 12.1 Å². The molecule has 3 rings (SSSR count). The van der Waals surface area contributed by atoms with Crippen molar-refractivity contribution in [1.82, 2.24) is 10.3 Å². The number of hydrogen-bond donors (Lipinski definition) is 2. The van der Waals surface area contributed by atoms with E-state index in [2.05, 4.69) is 10.3 Å². The average Bonchev–Trinajstić information content (AvgIpc) is 2.72. The summed E-state index contributed by atoms with van der Waals surface area (Å²) in [5.41, 5.74) is 5.31. The minimum absolute atomic E-state index is 0.159. The molecular formula is C15H19N3O2. The number of fused-ring (bicyclic) bond motifs is 2. The van der Waals surface area contributed by atoms with Crippen molar-refractivity contribution in [2.45, 2.75) is 44.1 Å². The molecule has 5 heteroatoms. The fraction of sp³-hybridized carbons (Fsp3) is 0.533.